The van der Waals surface area contributed by atoms with Gasteiger partial charge in [0.2, 0.25) is 0 Å². The fraction of sp³-hybridized carbons (Fsp3) is 0.417. The highest BCUT2D eigenvalue weighted by atomic mass is 16.6. The summed E-state index contributed by atoms with van der Waals surface area (Å²) in [4.78, 5) is 21.9. The summed E-state index contributed by atoms with van der Waals surface area (Å²) in [5.41, 5.74) is 5.47. The molecule has 0 saturated heterocycles. The topological polar surface area (TPSA) is 107 Å². The van der Waals surface area contributed by atoms with Crippen molar-refractivity contribution in [2.24, 2.45) is 0 Å². The molecule has 0 bridgehead atoms. The fourth-order valence-electron chi connectivity index (χ4n) is 1.52. The van der Waals surface area contributed by atoms with E-state index in [1.807, 2.05) is 0 Å². The predicted octanol–water partition coefficient (Wildman–Crippen LogP) is 1.33. The molecule has 0 unspecified atom stereocenters. The van der Waals surface area contributed by atoms with E-state index in [-0.39, 0.29) is 22.8 Å². The van der Waals surface area contributed by atoms with Crippen LogP contribution >= 0.6 is 0 Å². The molecule has 104 valence electrons. The van der Waals surface area contributed by atoms with Crippen molar-refractivity contribution in [3.63, 3.8) is 0 Å². The van der Waals surface area contributed by atoms with Crippen molar-refractivity contribution in [3.05, 3.63) is 33.9 Å². The minimum absolute atomic E-state index is 0.0432. The summed E-state index contributed by atoms with van der Waals surface area (Å²) in [6, 6.07) is 4.00. The maximum absolute atomic E-state index is 11.8. The van der Waals surface area contributed by atoms with Gasteiger partial charge in [-0.25, -0.2) is 0 Å². The Morgan fingerprint density at radius 2 is 2.21 bits per heavy atom. The lowest BCUT2D eigenvalue weighted by molar-refractivity contribution is -0.383. The maximum atomic E-state index is 11.8. The molecule has 7 nitrogen and oxygen atoms in total. The van der Waals surface area contributed by atoms with Crippen LogP contribution in [-0.4, -0.2) is 31.1 Å². The highest BCUT2D eigenvalue weighted by Gasteiger charge is 2.15. The van der Waals surface area contributed by atoms with Gasteiger partial charge in [0.05, 0.1) is 4.92 Å². The first-order valence-electron chi connectivity index (χ1n) is 5.87. The molecule has 0 heterocycles. The molecule has 0 atom stereocenters. The van der Waals surface area contributed by atoms with Crippen molar-refractivity contribution in [2.75, 3.05) is 26.0 Å². The van der Waals surface area contributed by atoms with Crippen LogP contribution in [0.4, 0.5) is 11.4 Å². The Balaban J connectivity index is 2.57. The van der Waals surface area contributed by atoms with Crippen LogP contribution in [0, 0.1) is 10.1 Å². The van der Waals surface area contributed by atoms with Crippen LogP contribution in [0.15, 0.2) is 18.2 Å². The van der Waals surface area contributed by atoms with Gasteiger partial charge in [0.25, 0.3) is 11.6 Å². The number of ether oxygens (including phenoxy) is 1. The summed E-state index contributed by atoms with van der Waals surface area (Å²) in [6.07, 6.45) is 1.63. The van der Waals surface area contributed by atoms with E-state index < -0.39 is 4.92 Å². The second kappa shape index (κ2) is 7.32. The summed E-state index contributed by atoms with van der Waals surface area (Å²) in [5, 5.41) is 13.4. The quantitative estimate of drug-likeness (QED) is 0.335. The van der Waals surface area contributed by atoms with Gasteiger partial charge in [-0.1, -0.05) is 0 Å². The first-order chi connectivity index (χ1) is 9.06. The van der Waals surface area contributed by atoms with Gasteiger partial charge in [0.1, 0.15) is 5.69 Å². The number of unbranched alkanes of at least 4 members (excludes halogenated alkanes) is 1. The molecule has 0 fully saturated rings. The van der Waals surface area contributed by atoms with E-state index in [4.69, 9.17) is 10.5 Å². The monoisotopic (exact) mass is 267 g/mol. The van der Waals surface area contributed by atoms with Gasteiger partial charge >= 0.3 is 0 Å². The van der Waals surface area contributed by atoms with Crippen molar-refractivity contribution < 1.29 is 14.5 Å². The maximum Gasteiger partial charge on any atom is 0.292 e. The molecule has 0 radical (unpaired) electrons. The third-order valence-corrected chi connectivity index (χ3v) is 2.55. The highest BCUT2D eigenvalue weighted by Crippen LogP contribution is 2.22. The molecule has 3 N–H and O–H groups in total. The Morgan fingerprint density at radius 1 is 1.47 bits per heavy atom. The SMILES string of the molecule is COCCCCNC(=O)c1ccc(N)c([N+](=O)[O-])c1. The van der Waals surface area contributed by atoms with Crippen LogP contribution in [-0.2, 0) is 4.74 Å². The number of nitrogen functional groups attached to an aromatic ring is 1. The number of benzene rings is 1. The number of hydrogen-bond acceptors (Lipinski definition) is 5. The molecule has 7 heteroatoms. The lowest BCUT2D eigenvalue weighted by Gasteiger charge is -2.05. The molecule has 19 heavy (non-hydrogen) atoms. The molecule has 0 aliphatic rings. The number of hydrogen-bond donors (Lipinski definition) is 2. The number of nitrogens with zero attached hydrogens (tertiary/aromatic N) is 1. The third-order valence-electron chi connectivity index (χ3n) is 2.55. The van der Waals surface area contributed by atoms with E-state index in [1.165, 1.54) is 18.2 Å². The first-order valence-corrected chi connectivity index (χ1v) is 5.87. The molecular formula is C12H17N3O4. The van der Waals surface area contributed by atoms with Crippen LogP contribution in [0.1, 0.15) is 23.2 Å². The van der Waals surface area contributed by atoms with Crippen molar-refractivity contribution in [1.82, 2.24) is 5.32 Å². The number of carbonyl (C=O) groups excluding carboxylic acids is 1. The van der Waals surface area contributed by atoms with Crippen molar-refractivity contribution in [2.45, 2.75) is 12.8 Å². The van der Waals surface area contributed by atoms with Crippen molar-refractivity contribution in [1.29, 1.82) is 0 Å². The summed E-state index contributed by atoms with van der Waals surface area (Å²) >= 11 is 0. The number of methoxy groups -OCH3 is 1. The average molecular weight is 267 g/mol. The zero-order valence-corrected chi connectivity index (χ0v) is 10.7. The highest BCUT2D eigenvalue weighted by molar-refractivity contribution is 5.95. The standard InChI is InChI=1S/C12H17N3O4/c1-19-7-3-2-6-14-12(16)9-4-5-10(13)11(8-9)15(17)18/h4-5,8H,2-3,6-7,13H2,1H3,(H,14,16). The van der Waals surface area contributed by atoms with Gasteiger partial charge in [0, 0.05) is 31.9 Å². The smallest absolute Gasteiger partial charge is 0.292 e. The van der Waals surface area contributed by atoms with E-state index in [9.17, 15) is 14.9 Å². The molecule has 0 saturated carbocycles. The lowest BCUT2D eigenvalue weighted by atomic mass is 10.1. The van der Waals surface area contributed by atoms with E-state index in [1.54, 1.807) is 7.11 Å². The van der Waals surface area contributed by atoms with Gasteiger partial charge in [-0.15, -0.1) is 0 Å². The zero-order chi connectivity index (χ0) is 14.3. The summed E-state index contributed by atoms with van der Waals surface area (Å²) in [6.45, 7) is 1.14. The van der Waals surface area contributed by atoms with Gasteiger partial charge in [0.15, 0.2) is 0 Å². The predicted molar refractivity (Wildman–Crippen MR) is 71.0 cm³/mol. The summed E-state index contributed by atoms with van der Waals surface area (Å²) < 4.78 is 4.89. The first kappa shape index (κ1) is 14.9. The Kier molecular flexibility index (Phi) is 5.74. The number of nitro benzene ring substituents is 1. The number of nitro groups is 1. The number of anilines is 1. The normalized spacial score (nSPS) is 10.2. The van der Waals surface area contributed by atoms with Gasteiger partial charge in [-0.3, -0.25) is 14.9 Å². The Bertz CT molecular complexity index is 462. The van der Waals surface area contributed by atoms with Crippen LogP contribution in [0.2, 0.25) is 0 Å². The van der Waals surface area contributed by atoms with Crippen LogP contribution in [0.5, 0.6) is 0 Å². The second-order valence-corrected chi connectivity index (χ2v) is 3.99. The van der Waals surface area contributed by atoms with Crippen molar-refractivity contribution >= 4 is 17.3 Å². The number of amides is 1. The van der Waals surface area contributed by atoms with Crippen LogP contribution in [0.3, 0.4) is 0 Å². The Morgan fingerprint density at radius 3 is 2.84 bits per heavy atom. The molecule has 0 aromatic heterocycles. The lowest BCUT2D eigenvalue weighted by Crippen LogP contribution is -2.24. The average Bonchev–Trinajstić information content (AvgIpc) is 2.38. The summed E-state index contributed by atoms with van der Waals surface area (Å²) in [5.74, 6) is -0.347. The molecule has 0 aliphatic carbocycles. The minimum atomic E-state index is -0.606. The molecule has 1 aromatic carbocycles. The van der Waals surface area contributed by atoms with Crippen LogP contribution in [0.25, 0.3) is 0 Å². The van der Waals surface area contributed by atoms with E-state index in [2.05, 4.69) is 5.32 Å². The van der Waals surface area contributed by atoms with E-state index >= 15 is 0 Å². The summed E-state index contributed by atoms with van der Waals surface area (Å²) in [7, 11) is 1.62. The molecule has 0 spiro atoms. The van der Waals surface area contributed by atoms with E-state index in [0.29, 0.717) is 13.2 Å². The number of nitrogens with two attached hydrogens (primary N) is 1. The molecule has 1 rings (SSSR count). The van der Waals surface area contributed by atoms with Gasteiger partial charge in [-0.2, -0.15) is 0 Å². The molecular weight excluding hydrogens is 250 g/mol. The Labute approximate surface area is 110 Å². The van der Waals surface area contributed by atoms with E-state index in [0.717, 1.165) is 12.8 Å². The molecule has 0 aliphatic heterocycles. The minimum Gasteiger partial charge on any atom is -0.393 e. The second-order valence-electron chi connectivity index (χ2n) is 3.99. The number of rotatable bonds is 7. The molecule has 1 amide bonds. The Hall–Kier alpha value is -2.15. The van der Waals surface area contributed by atoms with Gasteiger partial charge < -0.3 is 15.8 Å². The largest absolute Gasteiger partial charge is 0.393 e. The number of carbonyl (C=O) groups is 1. The number of nitrogens with one attached hydrogen (secondary N) is 1. The van der Waals surface area contributed by atoms with Gasteiger partial charge in [-0.05, 0) is 25.0 Å². The zero-order valence-electron chi connectivity index (χ0n) is 10.7. The van der Waals surface area contributed by atoms with Crippen LogP contribution < -0.4 is 11.1 Å². The van der Waals surface area contributed by atoms with Crippen molar-refractivity contribution in [3.8, 4) is 0 Å². The fourth-order valence-corrected chi connectivity index (χ4v) is 1.52. The molecule has 1 aromatic rings. The third kappa shape index (κ3) is 4.55.